The van der Waals surface area contributed by atoms with Crippen LogP contribution >= 0.6 is 11.3 Å². The first-order valence-corrected chi connectivity index (χ1v) is 10.6. The van der Waals surface area contributed by atoms with Crippen LogP contribution < -0.4 is 16.2 Å². The van der Waals surface area contributed by atoms with Crippen LogP contribution in [0.3, 0.4) is 0 Å². The van der Waals surface area contributed by atoms with Gasteiger partial charge in [-0.15, -0.1) is 11.3 Å². The number of aromatic nitrogens is 1. The third kappa shape index (κ3) is 4.10. The highest BCUT2D eigenvalue weighted by molar-refractivity contribution is 7.89. The number of carbonyl (C=O) groups excluding carboxylic acids is 1. The van der Waals surface area contributed by atoms with Crippen molar-refractivity contribution in [1.29, 1.82) is 0 Å². The van der Waals surface area contributed by atoms with E-state index in [4.69, 9.17) is 10.9 Å². The van der Waals surface area contributed by atoms with E-state index >= 15 is 0 Å². The van der Waals surface area contributed by atoms with Gasteiger partial charge in [-0.3, -0.25) is 4.79 Å². The van der Waals surface area contributed by atoms with E-state index < -0.39 is 10.0 Å². The summed E-state index contributed by atoms with van der Waals surface area (Å²) in [7, 11) is -3.70. The highest BCUT2D eigenvalue weighted by Crippen LogP contribution is 2.34. The van der Waals surface area contributed by atoms with Crippen molar-refractivity contribution in [2.45, 2.75) is 25.2 Å². The van der Waals surface area contributed by atoms with Gasteiger partial charge in [-0.2, -0.15) is 0 Å². The molecule has 2 heterocycles. The molecule has 0 aliphatic heterocycles. The van der Waals surface area contributed by atoms with E-state index in [0.29, 0.717) is 23.5 Å². The molecule has 0 unspecified atom stereocenters. The van der Waals surface area contributed by atoms with Crippen molar-refractivity contribution in [3.63, 3.8) is 0 Å². The summed E-state index contributed by atoms with van der Waals surface area (Å²) in [5.74, 6) is -0.242. The minimum Gasteiger partial charge on any atom is -0.397 e. The van der Waals surface area contributed by atoms with Gasteiger partial charge in [0.15, 0.2) is 0 Å². The molecule has 0 radical (unpaired) electrons. The number of fused-ring (bicyclic) bond motifs is 1. The molecule has 0 aliphatic carbocycles. The zero-order valence-corrected chi connectivity index (χ0v) is 16.6. The van der Waals surface area contributed by atoms with Gasteiger partial charge in [-0.1, -0.05) is 12.1 Å². The number of aryl methyl sites for hydroxylation is 2. The van der Waals surface area contributed by atoms with Crippen LogP contribution in [0.25, 0.3) is 10.2 Å². The van der Waals surface area contributed by atoms with Crippen LogP contribution in [0.4, 0.5) is 5.69 Å². The summed E-state index contributed by atoms with van der Waals surface area (Å²) in [6, 6.07) is 8.20. The molecule has 0 spiro atoms. The number of primary sulfonamides is 1. The number of nitrogens with two attached hydrogens (primary N) is 2. The van der Waals surface area contributed by atoms with Crippen molar-refractivity contribution in [2.75, 3.05) is 12.3 Å². The number of benzene rings is 1. The topological polar surface area (TPSA) is 128 Å². The summed E-state index contributed by atoms with van der Waals surface area (Å²) >= 11 is 1.28. The van der Waals surface area contributed by atoms with E-state index in [1.807, 2.05) is 19.9 Å². The number of nitrogen functional groups attached to an aromatic ring is 1. The Hall–Kier alpha value is -2.49. The third-order valence-corrected chi connectivity index (χ3v) is 6.21. The number of carbonyl (C=O) groups is 1. The fraction of sp³-hybridized carbons (Fsp3) is 0.222. The Morgan fingerprint density at radius 1 is 1.22 bits per heavy atom. The van der Waals surface area contributed by atoms with Crippen LogP contribution in [0, 0.1) is 13.8 Å². The molecule has 1 amide bonds. The molecule has 27 heavy (non-hydrogen) atoms. The summed E-state index contributed by atoms with van der Waals surface area (Å²) in [5.41, 5.74) is 9.40. The first-order valence-electron chi connectivity index (χ1n) is 8.23. The van der Waals surface area contributed by atoms with Crippen LogP contribution in [0.2, 0.25) is 0 Å². The van der Waals surface area contributed by atoms with Gasteiger partial charge < -0.3 is 11.1 Å². The lowest BCUT2D eigenvalue weighted by Gasteiger charge is -2.06. The Balaban J connectivity index is 1.69. The predicted molar refractivity (Wildman–Crippen MR) is 107 cm³/mol. The number of rotatable bonds is 5. The minimum absolute atomic E-state index is 0.0616. The van der Waals surface area contributed by atoms with E-state index in [2.05, 4.69) is 10.3 Å². The molecule has 5 N–H and O–H groups in total. The molecular weight excluding hydrogens is 384 g/mol. The van der Waals surface area contributed by atoms with Crippen molar-refractivity contribution >= 4 is 43.2 Å². The molecule has 7 nitrogen and oxygen atoms in total. The van der Waals surface area contributed by atoms with Crippen molar-refractivity contribution in [3.8, 4) is 0 Å². The second kappa shape index (κ2) is 7.26. The van der Waals surface area contributed by atoms with Crippen LogP contribution in [0.5, 0.6) is 0 Å². The Morgan fingerprint density at radius 2 is 1.89 bits per heavy atom. The maximum atomic E-state index is 12.5. The molecule has 0 atom stereocenters. The molecule has 0 saturated heterocycles. The molecule has 2 aromatic heterocycles. The second-order valence-electron chi connectivity index (χ2n) is 6.30. The maximum Gasteiger partial charge on any atom is 0.263 e. The molecule has 3 rings (SSSR count). The Kier molecular flexibility index (Phi) is 5.18. The lowest BCUT2D eigenvalue weighted by atomic mass is 10.1. The number of anilines is 1. The number of hydrogen-bond acceptors (Lipinski definition) is 6. The van der Waals surface area contributed by atoms with Gasteiger partial charge >= 0.3 is 0 Å². The fourth-order valence-corrected chi connectivity index (χ4v) is 4.53. The maximum absolute atomic E-state index is 12.5. The molecule has 3 aromatic rings. The van der Waals surface area contributed by atoms with E-state index in [9.17, 15) is 13.2 Å². The van der Waals surface area contributed by atoms with E-state index in [-0.39, 0.29) is 10.8 Å². The quantitative estimate of drug-likeness (QED) is 0.600. The van der Waals surface area contributed by atoms with E-state index in [1.165, 1.54) is 23.5 Å². The van der Waals surface area contributed by atoms with Gasteiger partial charge in [0, 0.05) is 17.6 Å². The molecule has 0 saturated carbocycles. The summed E-state index contributed by atoms with van der Waals surface area (Å²) in [5, 5.41) is 8.75. The SMILES string of the molecule is Cc1cc(C)c2c(N)c(C(=O)NCCc3ccc(S(N)(=O)=O)cc3)sc2n1. The molecule has 142 valence electrons. The first-order chi connectivity index (χ1) is 12.7. The van der Waals surface area contributed by atoms with E-state index in [0.717, 1.165) is 27.0 Å². The van der Waals surface area contributed by atoms with Gasteiger partial charge in [0.05, 0.1) is 10.6 Å². The lowest BCUT2D eigenvalue weighted by Crippen LogP contribution is -2.25. The van der Waals surface area contributed by atoms with Crippen LogP contribution in [0.1, 0.15) is 26.5 Å². The fourth-order valence-electron chi connectivity index (χ4n) is 2.88. The van der Waals surface area contributed by atoms with Gasteiger partial charge in [0.25, 0.3) is 5.91 Å². The monoisotopic (exact) mass is 404 g/mol. The number of nitrogens with one attached hydrogen (secondary N) is 1. The summed E-state index contributed by atoms with van der Waals surface area (Å²) in [6.45, 7) is 4.25. The van der Waals surface area contributed by atoms with Gasteiger partial charge in [-0.05, 0) is 49.6 Å². The van der Waals surface area contributed by atoms with Crippen molar-refractivity contribution in [3.05, 3.63) is 52.0 Å². The summed E-state index contributed by atoms with van der Waals surface area (Å²) in [6.07, 6.45) is 0.553. The second-order valence-corrected chi connectivity index (χ2v) is 8.86. The Morgan fingerprint density at radius 3 is 2.52 bits per heavy atom. The third-order valence-electron chi connectivity index (χ3n) is 4.18. The van der Waals surface area contributed by atoms with Crippen molar-refractivity contribution in [1.82, 2.24) is 10.3 Å². The van der Waals surface area contributed by atoms with E-state index in [1.54, 1.807) is 12.1 Å². The minimum atomic E-state index is -3.70. The van der Waals surface area contributed by atoms with Crippen LogP contribution in [0.15, 0.2) is 35.2 Å². The average molecular weight is 405 g/mol. The zero-order valence-electron chi connectivity index (χ0n) is 14.9. The number of sulfonamides is 1. The number of amides is 1. The average Bonchev–Trinajstić information content (AvgIpc) is 2.91. The lowest BCUT2D eigenvalue weighted by molar-refractivity contribution is 0.0959. The zero-order chi connectivity index (χ0) is 19.8. The highest BCUT2D eigenvalue weighted by Gasteiger charge is 2.18. The first kappa shape index (κ1) is 19.3. The largest absolute Gasteiger partial charge is 0.397 e. The smallest absolute Gasteiger partial charge is 0.263 e. The van der Waals surface area contributed by atoms with Gasteiger partial charge in [0.2, 0.25) is 10.0 Å². The van der Waals surface area contributed by atoms with Crippen molar-refractivity contribution < 1.29 is 13.2 Å². The Labute approximate surface area is 161 Å². The molecule has 0 bridgehead atoms. The van der Waals surface area contributed by atoms with Gasteiger partial charge in [0.1, 0.15) is 9.71 Å². The number of nitrogens with zero attached hydrogens (tertiary/aromatic N) is 1. The standard InChI is InChI=1S/C18H20N4O3S2/c1-10-9-11(2)22-18-14(10)15(19)16(26-18)17(23)21-8-7-12-3-5-13(6-4-12)27(20,24)25/h3-6,9H,7-8,19H2,1-2H3,(H,21,23)(H2,20,24,25). The van der Waals surface area contributed by atoms with Crippen LogP contribution in [-0.2, 0) is 16.4 Å². The molecular formula is C18H20N4O3S2. The number of hydrogen-bond donors (Lipinski definition) is 3. The molecule has 0 aliphatic rings. The molecule has 9 heteroatoms. The molecule has 0 fully saturated rings. The normalized spacial score (nSPS) is 11.7. The summed E-state index contributed by atoms with van der Waals surface area (Å²) in [4.78, 5) is 18.2. The molecule has 1 aromatic carbocycles. The summed E-state index contributed by atoms with van der Waals surface area (Å²) < 4.78 is 22.5. The Bertz CT molecular complexity index is 1120. The highest BCUT2D eigenvalue weighted by atomic mass is 32.2. The van der Waals surface area contributed by atoms with Crippen molar-refractivity contribution in [2.24, 2.45) is 5.14 Å². The predicted octanol–water partition coefficient (Wildman–Crippen LogP) is 2.12. The van der Waals surface area contributed by atoms with Gasteiger partial charge in [-0.25, -0.2) is 18.5 Å². The van der Waals surface area contributed by atoms with Crippen LogP contribution in [-0.4, -0.2) is 25.9 Å². The number of thiophene rings is 1. The number of pyridine rings is 1.